The summed E-state index contributed by atoms with van der Waals surface area (Å²) in [6.07, 6.45) is 6.49. The highest BCUT2D eigenvalue weighted by atomic mass is 35.5. The molecule has 1 aromatic rings. The third kappa shape index (κ3) is 2.28. The summed E-state index contributed by atoms with van der Waals surface area (Å²) < 4.78 is 13.8. The summed E-state index contributed by atoms with van der Waals surface area (Å²) in [7, 11) is 0. The molecule has 1 aliphatic carbocycles. The highest BCUT2D eigenvalue weighted by Gasteiger charge is 2.18. The second-order valence-corrected chi connectivity index (χ2v) is 4.55. The summed E-state index contributed by atoms with van der Waals surface area (Å²) in [6, 6.07) is 4.65. The van der Waals surface area contributed by atoms with E-state index in [-0.39, 0.29) is 16.9 Å². The van der Waals surface area contributed by atoms with Crippen molar-refractivity contribution >= 4 is 11.6 Å². The number of allylic oxidation sites excluding steroid dienone is 1. The standard InChI is InChI=1S/C13H15ClFN/c14-11-8-4-7-10(12(11)15)13(16)9-5-2-1-3-6-9/h4-5,7-8,13H,1-3,6,16H2. The molecule has 86 valence electrons. The van der Waals surface area contributed by atoms with E-state index in [2.05, 4.69) is 6.08 Å². The van der Waals surface area contributed by atoms with Crippen LogP contribution in [0.2, 0.25) is 5.02 Å². The molecule has 0 aliphatic heterocycles. The number of halogens is 2. The molecule has 1 aromatic carbocycles. The minimum absolute atomic E-state index is 0.143. The highest BCUT2D eigenvalue weighted by molar-refractivity contribution is 6.30. The normalized spacial score (nSPS) is 18.1. The van der Waals surface area contributed by atoms with Crippen LogP contribution in [-0.4, -0.2) is 0 Å². The Bertz CT molecular complexity index is 414. The first kappa shape index (κ1) is 11.6. The Morgan fingerprint density at radius 2 is 2.12 bits per heavy atom. The van der Waals surface area contributed by atoms with Crippen LogP contribution < -0.4 is 5.73 Å². The van der Waals surface area contributed by atoms with E-state index in [1.54, 1.807) is 18.2 Å². The van der Waals surface area contributed by atoms with Crippen molar-refractivity contribution in [3.05, 3.63) is 46.3 Å². The van der Waals surface area contributed by atoms with E-state index in [1.165, 1.54) is 6.42 Å². The molecular formula is C13H15ClFN. The molecule has 0 saturated heterocycles. The average Bonchev–Trinajstić information content (AvgIpc) is 2.33. The van der Waals surface area contributed by atoms with Crippen molar-refractivity contribution in [3.63, 3.8) is 0 Å². The maximum absolute atomic E-state index is 13.8. The Morgan fingerprint density at radius 3 is 2.81 bits per heavy atom. The number of hydrogen-bond acceptors (Lipinski definition) is 1. The predicted molar refractivity (Wildman–Crippen MR) is 64.9 cm³/mol. The van der Waals surface area contributed by atoms with Crippen molar-refractivity contribution in [3.8, 4) is 0 Å². The summed E-state index contributed by atoms with van der Waals surface area (Å²) in [6.45, 7) is 0. The fraction of sp³-hybridized carbons (Fsp3) is 0.385. The molecule has 0 radical (unpaired) electrons. The highest BCUT2D eigenvalue weighted by Crippen LogP contribution is 2.31. The van der Waals surface area contributed by atoms with Crippen LogP contribution in [0.15, 0.2) is 29.8 Å². The average molecular weight is 240 g/mol. The van der Waals surface area contributed by atoms with Crippen molar-refractivity contribution < 1.29 is 4.39 Å². The van der Waals surface area contributed by atoms with Crippen LogP contribution in [0.3, 0.4) is 0 Å². The third-order valence-corrected chi connectivity index (χ3v) is 3.33. The maximum atomic E-state index is 13.8. The van der Waals surface area contributed by atoms with E-state index in [0.717, 1.165) is 24.8 Å². The number of nitrogens with two attached hydrogens (primary N) is 1. The van der Waals surface area contributed by atoms with Crippen LogP contribution in [0.4, 0.5) is 4.39 Å². The van der Waals surface area contributed by atoms with Crippen LogP contribution in [-0.2, 0) is 0 Å². The van der Waals surface area contributed by atoms with Crippen molar-refractivity contribution in [2.75, 3.05) is 0 Å². The third-order valence-electron chi connectivity index (χ3n) is 3.04. The molecule has 2 rings (SSSR count). The molecule has 0 bridgehead atoms. The Balaban J connectivity index is 2.29. The van der Waals surface area contributed by atoms with Gasteiger partial charge in [-0.25, -0.2) is 4.39 Å². The van der Waals surface area contributed by atoms with Gasteiger partial charge in [0.05, 0.1) is 11.1 Å². The summed E-state index contributed by atoms with van der Waals surface area (Å²) in [5.74, 6) is -0.386. The molecule has 0 spiro atoms. The Hall–Kier alpha value is -0.860. The lowest BCUT2D eigenvalue weighted by Crippen LogP contribution is -2.16. The monoisotopic (exact) mass is 239 g/mol. The zero-order valence-electron chi connectivity index (χ0n) is 9.05. The van der Waals surface area contributed by atoms with Gasteiger partial charge in [0, 0.05) is 5.56 Å². The fourth-order valence-electron chi connectivity index (χ4n) is 2.11. The fourth-order valence-corrected chi connectivity index (χ4v) is 2.29. The molecule has 0 aromatic heterocycles. The van der Waals surface area contributed by atoms with Crippen LogP contribution in [0.25, 0.3) is 0 Å². The van der Waals surface area contributed by atoms with Gasteiger partial charge in [-0.3, -0.25) is 0 Å². The summed E-state index contributed by atoms with van der Waals surface area (Å²) in [5.41, 5.74) is 7.70. The Kier molecular flexibility index (Phi) is 3.62. The van der Waals surface area contributed by atoms with Crippen molar-refractivity contribution in [1.29, 1.82) is 0 Å². The van der Waals surface area contributed by atoms with Crippen LogP contribution in [0.1, 0.15) is 37.3 Å². The van der Waals surface area contributed by atoms with E-state index in [4.69, 9.17) is 17.3 Å². The van der Waals surface area contributed by atoms with Gasteiger partial charge in [-0.05, 0) is 31.7 Å². The molecule has 1 nitrogen and oxygen atoms in total. The lowest BCUT2D eigenvalue weighted by atomic mass is 9.90. The van der Waals surface area contributed by atoms with Gasteiger partial charge in [-0.1, -0.05) is 35.4 Å². The van der Waals surface area contributed by atoms with Gasteiger partial charge in [0.1, 0.15) is 5.82 Å². The molecule has 1 atom stereocenters. The summed E-state index contributed by atoms with van der Waals surface area (Å²) >= 11 is 5.75. The zero-order chi connectivity index (χ0) is 11.5. The minimum atomic E-state index is -0.386. The lowest BCUT2D eigenvalue weighted by molar-refractivity contribution is 0.583. The minimum Gasteiger partial charge on any atom is -0.320 e. The molecule has 2 N–H and O–H groups in total. The van der Waals surface area contributed by atoms with Gasteiger partial charge in [-0.2, -0.15) is 0 Å². The van der Waals surface area contributed by atoms with E-state index in [9.17, 15) is 4.39 Å². The SMILES string of the molecule is NC(C1=CCCCC1)c1cccc(Cl)c1F. The van der Waals surface area contributed by atoms with E-state index in [0.29, 0.717) is 5.56 Å². The Labute approximate surface area is 100 Å². The summed E-state index contributed by atoms with van der Waals surface area (Å²) in [4.78, 5) is 0. The molecule has 16 heavy (non-hydrogen) atoms. The summed E-state index contributed by atoms with van der Waals surface area (Å²) in [5, 5.41) is 0.143. The topological polar surface area (TPSA) is 26.0 Å². The quantitative estimate of drug-likeness (QED) is 0.777. The molecule has 0 amide bonds. The molecule has 1 unspecified atom stereocenters. The van der Waals surface area contributed by atoms with Gasteiger partial charge < -0.3 is 5.73 Å². The van der Waals surface area contributed by atoms with E-state index in [1.807, 2.05) is 0 Å². The zero-order valence-corrected chi connectivity index (χ0v) is 9.80. The number of benzene rings is 1. The van der Waals surface area contributed by atoms with Crippen LogP contribution in [0.5, 0.6) is 0 Å². The maximum Gasteiger partial charge on any atom is 0.146 e. The molecular weight excluding hydrogens is 225 g/mol. The van der Waals surface area contributed by atoms with Gasteiger partial charge in [0.2, 0.25) is 0 Å². The Morgan fingerprint density at radius 1 is 1.31 bits per heavy atom. The smallest absolute Gasteiger partial charge is 0.146 e. The van der Waals surface area contributed by atoms with Crippen molar-refractivity contribution in [2.45, 2.75) is 31.7 Å². The van der Waals surface area contributed by atoms with Crippen LogP contribution in [0, 0.1) is 5.82 Å². The first-order chi connectivity index (χ1) is 7.70. The second-order valence-electron chi connectivity index (χ2n) is 4.15. The number of hydrogen-bond donors (Lipinski definition) is 1. The predicted octanol–water partition coefficient (Wildman–Crippen LogP) is 3.98. The van der Waals surface area contributed by atoms with Gasteiger partial charge in [0.25, 0.3) is 0 Å². The molecule has 3 heteroatoms. The largest absolute Gasteiger partial charge is 0.320 e. The second kappa shape index (κ2) is 4.98. The van der Waals surface area contributed by atoms with Gasteiger partial charge in [-0.15, -0.1) is 0 Å². The van der Waals surface area contributed by atoms with Gasteiger partial charge in [0.15, 0.2) is 0 Å². The van der Waals surface area contributed by atoms with Gasteiger partial charge >= 0.3 is 0 Å². The first-order valence-electron chi connectivity index (χ1n) is 5.58. The molecule has 0 fully saturated rings. The number of rotatable bonds is 2. The lowest BCUT2D eigenvalue weighted by Gasteiger charge is -2.20. The molecule has 0 heterocycles. The van der Waals surface area contributed by atoms with Crippen molar-refractivity contribution in [1.82, 2.24) is 0 Å². The van der Waals surface area contributed by atoms with Crippen LogP contribution >= 0.6 is 11.6 Å². The van der Waals surface area contributed by atoms with Crippen molar-refractivity contribution in [2.24, 2.45) is 5.73 Å². The van der Waals surface area contributed by atoms with E-state index >= 15 is 0 Å². The molecule has 0 saturated carbocycles. The van der Waals surface area contributed by atoms with E-state index < -0.39 is 0 Å². The molecule has 1 aliphatic rings. The first-order valence-corrected chi connectivity index (χ1v) is 5.96.